The number of rotatable bonds is 3. The Morgan fingerprint density at radius 3 is 2.81 bits per heavy atom. The lowest BCUT2D eigenvalue weighted by molar-refractivity contribution is 0.0291. The zero-order chi connectivity index (χ0) is 11.4. The van der Waals surface area contributed by atoms with Crippen LogP contribution in [0.5, 0.6) is 0 Å². The molecule has 1 aliphatic carbocycles. The molecule has 2 amide bonds. The van der Waals surface area contributed by atoms with Crippen molar-refractivity contribution < 1.29 is 14.6 Å². The average Bonchev–Trinajstić information content (AvgIpc) is 2.88. The number of amides is 2. The lowest BCUT2D eigenvalue weighted by Crippen LogP contribution is -2.48. The van der Waals surface area contributed by atoms with E-state index in [1.807, 2.05) is 0 Å². The van der Waals surface area contributed by atoms with Gasteiger partial charge >= 0.3 is 6.03 Å². The fourth-order valence-electron chi connectivity index (χ4n) is 2.29. The quantitative estimate of drug-likeness (QED) is 0.654. The van der Waals surface area contributed by atoms with Crippen LogP contribution >= 0.6 is 0 Å². The third-order valence-corrected chi connectivity index (χ3v) is 3.35. The predicted molar refractivity (Wildman–Crippen MR) is 59.2 cm³/mol. The summed E-state index contributed by atoms with van der Waals surface area (Å²) < 4.78 is 5.10. The van der Waals surface area contributed by atoms with E-state index < -0.39 is 5.60 Å². The van der Waals surface area contributed by atoms with Gasteiger partial charge in [-0.15, -0.1) is 0 Å². The van der Waals surface area contributed by atoms with Gasteiger partial charge in [0.15, 0.2) is 0 Å². The summed E-state index contributed by atoms with van der Waals surface area (Å²) in [5, 5.41) is 15.6. The molecule has 0 bridgehead atoms. The average molecular weight is 228 g/mol. The number of aliphatic hydroxyl groups is 1. The molecule has 0 spiro atoms. The van der Waals surface area contributed by atoms with Gasteiger partial charge in [-0.1, -0.05) is 12.8 Å². The molecule has 2 aliphatic rings. The molecule has 0 radical (unpaired) electrons. The molecule has 5 heteroatoms. The van der Waals surface area contributed by atoms with Crippen LogP contribution in [0.2, 0.25) is 0 Å². The van der Waals surface area contributed by atoms with Crippen molar-refractivity contribution in [1.29, 1.82) is 0 Å². The largest absolute Gasteiger partial charge is 0.386 e. The van der Waals surface area contributed by atoms with Crippen LogP contribution in [-0.4, -0.2) is 42.5 Å². The van der Waals surface area contributed by atoms with Gasteiger partial charge in [-0.25, -0.2) is 4.79 Å². The maximum atomic E-state index is 11.5. The monoisotopic (exact) mass is 228 g/mol. The van der Waals surface area contributed by atoms with Gasteiger partial charge in [0.05, 0.1) is 13.2 Å². The van der Waals surface area contributed by atoms with Crippen molar-refractivity contribution in [3.8, 4) is 0 Å². The van der Waals surface area contributed by atoms with E-state index in [1.165, 1.54) is 12.8 Å². The Balaban J connectivity index is 1.66. The van der Waals surface area contributed by atoms with Gasteiger partial charge in [-0.05, 0) is 12.8 Å². The Hall–Kier alpha value is -0.810. The van der Waals surface area contributed by atoms with Gasteiger partial charge < -0.3 is 20.5 Å². The summed E-state index contributed by atoms with van der Waals surface area (Å²) in [4.78, 5) is 11.5. The van der Waals surface area contributed by atoms with Gasteiger partial charge in [-0.2, -0.15) is 0 Å². The number of urea groups is 1. The first-order chi connectivity index (χ1) is 7.68. The van der Waals surface area contributed by atoms with E-state index >= 15 is 0 Å². The van der Waals surface area contributed by atoms with Crippen LogP contribution in [0.3, 0.4) is 0 Å². The molecule has 0 unspecified atom stereocenters. The Morgan fingerprint density at radius 2 is 2.19 bits per heavy atom. The van der Waals surface area contributed by atoms with Crippen LogP contribution in [0.15, 0.2) is 0 Å². The van der Waals surface area contributed by atoms with Gasteiger partial charge in [0.1, 0.15) is 5.60 Å². The molecular weight excluding hydrogens is 208 g/mol. The highest BCUT2D eigenvalue weighted by Gasteiger charge is 2.32. The number of carbonyl (C=O) groups excluding carboxylic acids is 1. The highest BCUT2D eigenvalue weighted by atomic mass is 16.5. The predicted octanol–water partition coefficient (Wildman–Crippen LogP) is 0.380. The smallest absolute Gasteiger partial charge is 0.315 e. The van der Waals surface area contributed by atoms with Crippen LogP contribution in [0, 0.1) is 0 Å². The van der Waals surface area contributed by atoms with Crippen molar-refractivity contribution >= 4 is 6.03 Å². The van der Waals surface area contributed by atoms with Gasteiger partial charge in [-0.3, -0.25) is 0 Å². The highest BCUT2D eigenvalue weighted by molar-refractivity contribution is 5.74. The summed E-state index contributed by atoms with van der Waals surface area (Å²) >= 11 is 0. The first kappa shape index (κ1) is 11.7. The van der Waals surface area contributed by atoms with Crippen LogP contribution in [0.4, 0.5) is 4.79 Å². The number of carbonyl (C=O) groups is 1. The SMILES string of the molecule is O=C(NC[C@@]1(O)CCOC1)NC1CCCC1. The fourth-order valence-corrected chi connectivity index (χ4v) is 2.29. The topological polar surface area (TPSA) is 70.6 Å². The normalized spacial score (nSPS) is 30.6. The fraction of sp³-hybridized carbons (Fsp3) is 0.909. The molecule has 1 heterocycles. The third-order valence-electron chi connectivity index (χ3n) is 3.35. The minimum Gasteiger partial charge on any atom is -0.386 e. The highest BCUT2D eigenvalue weighted by Crippen LogP contribution is 2.18. The standard InChI is InChI=1S/C11H20N2O3/c14-10(13-9-3-1-2-4-9)12-7-11(15)5-6-16-8-11/h9,15H,1-8H2,(H2,12,13,14)/t11-/m0/s1. The second-order valence-electron chi connectivity index (χ2n) is 4.84. The number of hydrogen-bond acceptors (Lipinski definition) is 3. The van der Waals surface area contributed by atoms with E-state index in [2.05, 4.69) is 10.6 Å². The lowest BCUT2D eigenvalue weighted by atomic mass is 10.0. The van der Waals surface area contributed by atoms with Gasteiger partial charge in [0.25, 0.3) is 0 Å². The van der Waals surface area contributed by atoms with E-state index in [9.17, 15) is 9.90 Å². The second-order valence-corrected chi connectivity index (χ2v) is 4.84. The molecule has 1 aliphatic heterocycles. The Bertz CT molecular complexity index is 246. The van der Waals surface area contributed by atoms with Crippen molar-refractivity contribution in [2.45, 2.75) is 43.7 Å². The van der Waals surface area contributed by atoms with Crippen molar-refractivity contribution in [2.75, 3.05) is 19.8 Å². The number of ether oxygens (including phenoxy) is 1. The first-order valence-electron chi connectivity index (χ1n) is 6.02. The maximum absolute atomic E-state index is 11.5. The first-order valence-corrected chi connectivity index (χ1v) is 6.02. The van der Waals surface area contributed by atoms with Crippen LogP contribution in [-0.2, 0) is 4.74 Å². The van der Waals surface area contributed by atoms with Gasteiger partial charge in [0.2, 0.25) is 0 Å². The Morgan fingerprint density at radius 1 is 1.44 bits per heavy atom. The molecule has 1 atom stereocenters. The van der Waals surface area contributed by atoms with Crippen LogP contribution < -0.4 is 10.6 Å². The van der Waals surface area contributed by atoms with Gasteiger partial charge in [0, 0.05) is 19.1 Å². The molecule has 2 fully saturated rings. The van der Waals surface area contributed by atoms with Crippen molar-refractivity contribution in [1.82, 2.24) is 10.6 Å². The summed E-state index contributed by atoms with van der Waals surface area (Å²) in [6.07, 6.45) is 5.13. The van der Waals surface area contributed by atoms with E-state index in [0.29, 0.717) is 25.7 Å². The van der Waals surface area contributed by atoms with Crippen LogP contribution in [0.1, 0.15) is 32.1 Å². The summed E-state index contributed by atoms with van der Waals surface area (Å²) in [5.41, 5.74) is -0.868. The zero-order valence-corrected chi connectivity index (χ0v) is 9.50. The molecule has 3 N–H and O–H groups in total. The Labute approximate surface area is 95.5 Å². The second kappa shape index (κ2) is 5.01. The summed E-state index contributed by atoms with van der Waals surface area (Å²) in [7, 11) is 0. The zero-order valence-electron chi connectivity index (χ0n) is 9.50. The molecule has 1 saturated carbocycles. The van der Waals surface area contributed by atoms with Crippen LogP contribution in [0.25, 0.3) is 0 Å². The number of nitrogens with one attached hydrogen (secondary N) is 2. The number of hydrogen-bond donors (Lipinski definition) is 3. The van der Waals surface area contributed by atoms with Crippen molar-refractivity contribution in [3.05, 3.63) is 0 Å². The third kappa shape index (κ3) is 3.09. The Kier molecular flexibility index (Phi) is 3.66. The minimum atomic E-state index is -0.868. The molecule has 2 rings (SSSR count). The molecule has 92 valence electrons. The maximum Gasteiger partial charge on any atom is 0.315 e. The molecule has 0 aromatic carbocycles. The molecule has 5 nitrogen and oxygen atoms in total. The summed E-state index contributed by atoms with van der Waals surface area (Å²) in [6, 6.07) is 0.140. The van der Waals surface area contributed by atoms with Crippen molar-refractivity contribution in [3.63, 3.8) is 0 Å². The van der Waals surface area contributed by atoms with E-state index in [-0.39, 0.29) is 12.6 Å². The van der Waals surface area contributed by atoms with E-state index in [1.54, 1.807) is 0 Å². The molecular formula is C11H20N2O3. The summed E-state index contributed by atoms with van der Waals surface area (Å²) in [6.45, 7) is 1.16. The van der Waals surface area contributed by atoms with E-state index in [4.69, 9.17) is 4.74 Å². The van der Waals surface area contributed by atoms with E-state index in [0.717, 1.165) is 12.8 Å². The summed E-state index contributed by atoms with van der Waals surface area (Å²) in [5.74, 6) is 0. The minimum absolute atomic E-state index is 0.174. The van der Waals surface area contributed by atoms with Crippen molar-refractivity contribution in [2.24, 2.45) is 0 Å². The molecule has 16 heavy (non-hydrogen) atoms. The lowest BCUT2D eigenvalue weighted by Gasteiger charge is -2.21. The molecule has 1 saturated heterocycles. The molecule has 0 aromatic rings. The molecule has 0 aromatic heterocycles.